The van der Waals surface area contributed by atoms with E-state index in [1.807, 2.05) is 13.8 Å². The summed E-state index contributed by atoms with van der Waals surface area (Å²) in [6.07, 6.45) is -0.627. The van der Waals surface area contributed by atoms with Crippen molar-refractivity contribution in [1.82, 2.24) is 10.6 Å². The number of aliphatic hydroxyl groups is 1. The Balaban J connectivity index is 4.98. The third kappa shape index (κ3) is 7.43. The molecule has 3 amide bonds. The molecule has 0 radical (unpaired) electrons. The normalized spacial score (nSPS) is 16.6. The number of hydrogen-bond donors (Lipinski definition) is 5. The summed E-state index contributed by atoms with van der Waals surface area (Å²) in [7, 11) is 0. The Morgan fingerprint density at radius 2 is 1.52 bits per heavy atom. The minimum absolute atomic E-state index is 0.170. The predicted molar refractivity (Wildman–Crippen MR) is 87.0 cm³/mol. The molecule has 0 aromatic carbocycles. The van der Waals surface area contributed by atoms with E-state index in [2.05, 4.69) is 10.6 Å². The average Bonchev–Trinajstić information content (AvgIpc) is 2.41. The van der Waals surface area contributed by atoms with E-state index >= 15 is 0 Å². The highest BCUT2D eigenvalue weighted by Gasteiger charge is 2.30. The first-order valence-corrected chi connectivity index (χ1v) is 7.81. The van der Waals surface area contributed by atoms with Crippen LogP contribution in [0.5, 0.6) is 0 Å². The molecule has 0 heterocycles. The molecule has 0 rings (SSSR count). The van der Waals surface area contributed by atoms with Gasteiger partial charge in [0.2, 0.25) is 17.7 Å². The predicted octanol–water partition coefficient (Wildman–Crippen LogP) is -1.15. The first-order valence-electron chi connectivity index (χ1n) is 7.81. The Hall–Kier alpha value is -1.67. The topological polar surface area (TPSA) is 148 Å². The summed E-state index contributed by atoms with van der Waals surface area (Å²) in [4.78, 5) is 35.8. The number of nitrogens with one attached hydrogen (secondary N) is 2. The zero-order chi connectivity index (χ0) is 18.3. The number of amides is 3. The van der Waals surface area contributed by atoms with Crippen LogP contribution in [0.15, 0.2) is 0 Å². The molecule has 0 unspecified atom stereocenters. The van der Waals surface area contributed by atoms with Crippen molar-refractivity contribution in [3.8, 4) is 0 Å². The molecule has 23 heavy (non-hydrogen) atoms. The van der Waals surface area contributed by atoms with Gasteiger partial charge in [-0.3, -0.25) is 14.4 Å². The molecular weight excluding hydrogens is 300 g/mol. The maximum atomic E-state index is 12.4. The van der Waals surface area contributed by atoms with E-state index in [-0.39, 0.29) is 11.8 Å². The van der Waals surface area contributed by atoms with E-state index in [0.717, 1.165) is 0 Å². The Kier molecular flexibility index (Phi) is 8.78. The number of hydrogen-bond acceptors (Lipinski definition) is 5. The van der Waals surface area contributed by atoms with Gasteiger partial charge in [-0.1, -0.05) is 27.7 Å². The summed E-state index contributed by atoms with van der Waals surface area (Å²) < 4.78 is 0. The van der Waals surface area contributed by atoms with E-state index in [9.17, 15) is 19.5 Å². The fourth-order valence-electron chi connectivity index (χ4n) is 1.98. The summed E-state index contributed by atoms with van der Waals surface area (Å²) in [5.74, 6) is -1.82. The molecule has 0 aliphatic heterocycles. The van der Waals surface area contributed by atoms with Crippen LogP contribution in [0.4, 0.5) is 0 Å². The standard InChI is InChI=1S/C15H30N4O4/c1-7(2)6-10(13(17)21)18-15(23)12(8(3)4)19-14(22)11(16)9(5)20/h7-12,20H,6,16H2,1-5H3,(H2,17,21)(H,18,23)(H,19,22)/t9-,10+,11+,12+/m1/s1. The van der Waals surface area contributed by atoms with Crippen molar-refractivity contribution < 1.29 is 19.5 Å². The monoisotopic (exact) mass is 330 g/mol. The van der Waals surface area contributed by atoms with Crippen molar-refractivity contribution in [3.05, 3.63) is 0 Å². The lowest BCUT2D eigenvalue weighted by molar-refractivity contribution is -0.133. The van der Waals surface area contributed by atoms with Crippen LogP contribution in [0.3, 0.4) is 0 Å². The molecule has 0 aliphatic rings. The van der Waals surface area contributed by atoms with Crippen LogP contribution in [0.25, 0.3) is 0 Å². The van der Waals surface area contributed by atoms with Gasteiger partial charge in [-0.25, -0.2) is 0 Å². The van der Waals surface area contributed by atoms with Crippen molar-refractivity contribution in [2.24, 2.45) is 23.3 Å². The highest BCUT2D eigenvalue weighted by atomic mass is 16.3. The van der Waals surface area contributed by atoms with E-state index < -0.39 is 42.0 Å². The van der Waals surface area contributed by atoms with Gasteiger partial charge < -0.3 is 27.2 Å². The molecule has 8 nitrogen and oxygen atoms in total. The minimum atomic E-state index is -1.13. The van der Waals surface area contributed by atoms with Crippen LogP contribution in [0.2, 0.25) is 0 Å². The van der Waals surface area contributed by atoms with Crippen molar-refractivity contribution in [2.75, 3.05) is 0 Å². The van der Waals surface area contributed by atoms with Crippen molar-refractivity contribution in [3.63, 3.8) is 0 Å². The summed E-state index contributed by atoms with van der Waals surface area (Å²) in [6.45, 7) is 8.71. The minimum Gasteiger partial charge on any atom is -0.391 e. The number of primary amides is 1. The Labute approximate surface area is 137 Å². The maximum absolute atomic E-state index is 12.4. The highest BCUT2D eigenvalue weighted by Crippen LogP contribution is 2.07. The fourth-order valence-corrected chi connectivity index (χ4v) is 1.98. The molecule has 4 atom stereocenters. The van der Waals surface area contributed by atoms with Crippen LogP contribution >= 0.6 is 0 Å². The van der Waals surface area contributed by atoms with Gasteiger partial charge in [0.05, 0.1) is 6.10 Å². The smallest absolute Gasteiger partial charge is 0.243 e. The average molecular weight is 330 g/mol. The fraction of sp³-hybridized carbons (Fsp3) is 0.800. The molecule has 0 spiro atoms. The molecule has 0 fully saturated rings. The highest BCUT2D eigenvalue weighted by molar-refractivity contribution is 5.92. The van der Waals surface area contributed by atoms with Crippen molar-refractivity contribution in [1.29, 1.82) is 0 Å². The molecular formula is C15H30N4O4. The molecule has 0 saturated carbocycles. The van der Waals surface area contributed by atoms with Gasteiger partial charge in [0.25, 0.3) is 0 Å². The third-order valence-electron chi connectivity index (χ3n) is 3.44. The zero-order valence-corrected chi connectivity index (χ0v) is 14.5. The lowest BCUT2D eigenvalue weighted by Gasteiger charge is -2.26. The van der Waals surface area contributed by atoms with E-state index in [1.165, 1.54) is 6.92 Å². The van der Waals surface area contributed by atoms with Crippen LogP contribution in [-0.2, 0) is 14.4 Å². The second-order valence-corrected chi connectivity index (χ2v) is 6.59. The van der Waals surface area contributed by atoms with Crippen molar-refractivity contribution in [2.45, 2.75) is 65.3 Å². The number of nitrogens with two attached hydrogens (primary N) is 2. The van der Waals surface area contributed by atoms with Gasteiger partial charge in [0, 0.05) is 0 Å². The van der Waals surface area contributed by atoms with Crippen LogP contribution in [0.1, 0.15) is 41.0 Å². The molecule has 0 saturated heterocycles. The molecule has 0 aromatic rings. The van der Waals surface area contributed by atoms with Gasteiger partial charge in [0.1, 0.15) is 18.1 Å². The molecule has 0 aliphatic carbocycles. The quantitative estimate of drug-likeness (QED) is 0.362. The van der Waals surface area contributed by atoms with Gasteiger partial charge in [-0.2, -0.15) is 0 Å². The number of aliphatic hydroxyl groups excluding tert-OH is 1. The van der Waals surface area contributed by atoms with Gasteiger partial charge in [-0.15, -0.1) is 0 Å². The Morgan fingerprint density at radius 3 is 1.87 bits per heavy atom. The van der Waals surface area contributed by atoms with E-state index in [0.29, 0.717) is 6.42 Å². The molecule has 7 N–H and O–H groups in total. The molecule has 8 heteroatoms. The maximum Gasteiger partial charge on any atom is 0.243 e. The molecule has 134 valence electrons. The van der Waals surface area contributed by atoms with Gasteiger partial charge in [-0.05, 0) is 25.2 Å². The molecule has 0 bridgehead atoms. The summed E-state index contributed by atoms with van der Waals surface area (Å²) in [6, 6.07) is -2.81. The SMILES string of the molecule is CC(C)C[C@H](NC(=O)[C@@H](NC(=O)[C@@H](N)[C@@H](C)O)C(C)C)C(N)=O. The Morgan fingerprint density at radius 1 is 1.00 bits per heavy atom. The van der Waals surface area contributed by atoms with Crippen molar-refractivity contribution >= 4 is 17.7 Å². The van der Waals surface area contributed by atoms with E-state index in [4.69, 9.17) is 11.5 Å². The first kappa shape index (κ1) is 21.3. The van der Waals surface area contributed by atoms with Crippen LogP contribution < -0.4 is 22.1 Å². The lowest BCUT2D eigenvalue weighted by Crippen LogP contribution is -2.58. The van der Waals surface area contributed by atoms with Gasteiger partial charge in [0.15, 0.2) is 0 Å². The second kappa shape index (κ2) is 9.46. The second-order valence-electron chi connectivity index (χ2n) is 6.59. The van der Waals surface area contributed by atoms with Gasteiger partial charge >= 0.3 is 0 Å². The van der Waals surface area contributed by atoms with Crippen LogP contribution in [0, 0.1) is 11.8 Å². The van der Waals surface area contributed by atoms with E-state index in [1.54, 1.807) is 13.8 Å². The Bertz CT molecular complexity index is 424. The largest absolute Gasteiger partial charge is 0.391 e. The number of carbonyl (C=O) groups excluding carboxylic acids is 3. The number of carbonyl (C=O) groups is 3. The summed E-state index contributed by atoms with van der Waals surface area (Å²) in [5.41, 5.74) is 10.9. The molecule has 0 aromatic heterocycles. The number of rotatable bonds is 9. The summed E-state index contributed by atoms with van der Waals surface area (Å²) in [5, 5.41) is 14.4. The zero-order valence-electron chi connectivity index (χ0n) is 14.5. The van der Waals surface area contributed by atoms with Crippen LogP contribution in [-0.4, -0.2) is 47.1 Å². The summed E-state index contributed by atoms with van der Waals surface area (Å²) >= 11 is 0. The third-order valence-corrected chi connectivity index (χ3v) is 3.44. The first-order chi connectivity index (χ1) is 10.5. The lowest BCUT2D eigenvalue weighted by atomic mass is 9.99.